The molecule has 0 unspecified atom stereocenters. The molecule has 3 N–H and O–H groups in total. The van der Waals surface area contributed by atoms with Crippen molar-refractivity contribution in [3.05, 3.63) is 11.7 Å². The van der Waals surface area contributed by atoms with Crippen molar-refractivity contribution in [2.75, 3.05) is 0 Å². The van der Waals surface area contributed by atoms with Crippen LogP contribution in [0.2, 0.25) is 0 Å². The van der Waals surface area contributed by atoms with Crippen LogP contribution in [0.3, 0.4) is 0 Å². The molecular formula is C9H16N4O2. The molecule has 1 amide bonds. The highest BCUT2D eigenvalue weighted by atomic mass is 16.5. The number of aromatic nitrogens is 2. The van der Waals surface area contributed by atoms with Crippen molar-refractivity contribution in [1.29, 1.82) is 0 Å². The topological polar surface area (TPSA) is 94.0 Å². The van der Waals surface area contributed by atoms with Gasteiger partial charge in [0.2, 0.25) is 5.89 Å². The number of hydrogen-bond acceptors (Lipinski definition) is 5. The van der Waals surface area contributed by atoms with Gasteiger partial charge in [-0.1, -0.05) is 19.0 Å². The highest BCUT2D eigenvalue weighted by Gasteiger charge is 2.11. The molecule has 0 aliphatic carbocycles. The second-order valence-corrected chi connectivity index (χ2v) is 3.27. The van der Waals surface area contributed by atoms with Crippen molar-refractivity contribution in [2.24, 2.45) is 5.73 Å². The van der Waals surface area contributed by atoms with Gasteiger partial charge in [-0.15, -0.1) is 0 Å². The molecule has 1 aromatic rings. The average Bonchev–Trinajstić information content (AvgIpc) is 2.68. The summed E-state index contributed by atoms with van der Waals surface area (Å²) in [7, 11) is 0. The smallest absolute Gasteiger partial charge is 0.290 e. The molecule has 0 atom stereocenters. The SMILES string of the molecule is CCC(CC)NCc1nc(C(N)=O)no1. The average molecular weight is 212 g/mol. The van der Waals surface area contributed by atoms with E-state index in [1.807, 2.05) is 0 Å². The van der Waals surface area contributed by atoms with E-state index >= 15 is 0 Å². The van der Waals surface area contributed by atoms with Gasteiger partial charge in [-0.3, -0.25) is 4.79 Å². The van der Waals surface area contributed by atoms with Crippen molar-refractivity contribution in [3.8, 4) is 0 Å². The minimum Gasteiger partial charge on any atom is -0.363 e. The Bertz CT molecular complexity index is 320. The van der Waals surface area contributed by atoms with Crippen molar-refractivity contribution in [3.63, 3.8) is 0 Å². The van der Waals surface area contributed by atoms with E-state index < -0.39 is 5.91 Å². The van der Waals surface area contributed by atoms with Crippen LogP contribution in [0.15, 0.2) is 4.52 Å². The van der Waals surface area contributed by atoms with Gasteiger partial charge < -0.3 is 15.6 Å². The zero-order chi connectivity index (χ0) is 11.3. The first kappa shape index (κ1) is 11.6. The summed E-state index contributed by atoms with van der Waals surface area (Å²) in [6.07, 6.45) is 2.07. The number of hydrogen-bond donors (Lipinski definition) is 2. The Kier molecular flexibility index (Phi) is 4.23. The first-order valence-corrected chi connectivity index (χ1v) is 5.03. The molecular weight excluding hydrogens is 196 g/mol. The maximum atomic E-state index is 10.7. The van der Waals surface area contributed by atoms with E-state index in [-0.39, 0.29) is 5.82 Å². The lowest BCUT2D eigenvalue weighted by atomic mass is 10.2. The van der Waals surface area contributed by atoms with Crippen LogP contribution in [-0.2, 0) is 6.54 Å². The van der Waals surface area contributed by atoms with Gasteiger partial charge in [0.25, 0.3) is 11.7 Å². The highest BCUT2D eigenvalue weighted by Crippen LogP contribution is 2.00. The molecule has 0 saturated carbocycles. The standard InChI is InChI=1S/C9H16N4O2/c1-3-6(4-2)11-5-7-12-9(8(10)14)13-15-7/h6,11H,3-5H2,1-2H3,(H2,10,14). The molecule has 0 aliphatic rings. The second-order valence-electron chi connectivity index (χ2n) is 3.27. The predicted molar refractivity (Wildman–Crippen MR) is 54.0 cm³/mol. The van der Waals surface area contributed by atoms with E-state index in [4.69, 9.17) is 10.3 Å². The quantitative estimate of drug-likeness (QED) is 0.713. The van der Waals surface area contributed by atoms with Gasteiger partial charge in [0, 0.05) is 6.04 Å². The summed E-state index contributed by atoms with van der Waals surface area (Å²) in [6, 6.07) is 0.425. The third kappa shape index (κ3) is 3.32. The van der Waals surface area contributed by atoms with Crippen molar-refractivity contribution >= 4 is 5.91 Å². The summed E-state index contributed by atoms with van der Waals surface area (Å²) < 4.78 is 4.84. The van der Waals surface area contributed by atoms with Crippen molar-refractivity contribution < 1.29 is 9.32 Å². The highest BCUT2D eigenvalue weighted by molar-refractivity contribution is 5.88. The van der Waals surface area contributed by atoms with Crippen LogP contribution in [0.5, 0.6) is 0 Å². The molecule has 0 saturated heterocycles. The van der Waals surface area contributed by atoms with Crippen molar-refractivity contribution in [1.82, 2.24) is 15.5 Å². The number of nitrogens with zero attached hydrogens (tertiary/aromatic N) is 2. The minimum absolute atomic E-state index is 0.0728. The molecule has 84 valence electrons. The summed E-state index contributed by atoms with van der Waals surface area (Å²) >= 11 is 0. The fraction of sp³-hybridized carbons (Fsp3) is 0.667. The minimum atomic E-state index is -0.674. The Morgan fingerprint density at radius 2 is 2.20 bits per heavy atom. The van der Waals surface area contributed by atoms with Crippen LogP contribution in [-0.4, -0.2) is 22.1 Å². The Balaban J connectivity index is 2.47. The summed E-state index contributed by atoms with van der Waals surface area (Å²) in [6.45, 7) is 4.67. The lowest BCUT2D eigenvalue weighted by molar-refractivity contribution is 0.0987. The van der Waals surface area contributed by atoms with Gasteiger partial charge in [-0.25, -0.2) is 0 Å². The number of carbonyl (C=O) groups is 1. The number of nitrogens with one attached hydrogen (secondary N) is 1. The first-order valence-electron chi connectivity index (χ1n) is 5.03. The fourth-order valence-electron chi connectivity index (χ4n) is 1.24. The number of primary amides is 1. The number of amides is 1. The maximum absolute atomic E-state index is 10.7. The van der Waals surface area contributed by atoms with Crippen LogP contribution in [0.4, 0.5) is 0 Å². The molecule has 0 aromatic carbocycles. The third-order valence-corrected chi connectivity index (χ3v) is 2.22. The number of rotatable bonds is 6. The van der Waals surface area contributed by atoms with Gasteiger partial charge >= 0.3 is 0 Å². The molecule has 1 rings (SSSR count). The van der Waals surface area contributed by atoms with E-state index in [9.17, 15) is 4.79 Å². The normalized spacial score (nSPS) is 10.9. The molecule has 0 radical (unpaired) electrons. The van der Waals surface area contributed by atoms with Crippen LogP contribution in [0, 0.1) is 0 Å². The van der Waals surface area contributed by atoms with Crippen LogP contribution < -0.4 is 11.1 Å². The van der Waals surface area contributed by atoms with E-state index in [2.05, 4.69) is 29.3 Å². The lowest BCUT2D eigenvalue weighted by Crippen LogP contribution is -2.27. The molecule has 0 fully saturated rings. The van der Waals surface area contributed by atoms with E-state index in [0.717, 1.165) is 12.8 Å². The van der Waals surface area contributed by atoms with Crippen LogP contribution in [0.25, 0.3) is 0 Å². The van der Waals surface area contributed by atoms with Gasteiger partial charge in [0.15, 0.2) is 0 Å². The largest absolute Gasteiger partial charge is 0.363 e. The molecule has 1 heterocycles. The lowest BCUT2D eigenvalue weighted by Gasteiger charge is -2.11. The van der Waals surface area contributed by atoms with Gasteiger partial charge in [0.1, 0.15) is 0 Å². The Labute approximate surface area is 88.2 Å². The summed E-state index contributed by atoms with van der Waals surface area (Å²) in [5, 5.41) is 6.68. The molecule has 15 heavy (non-hydrogen) atoms. The fourth-order valence-corrected chi connectivity index (χ4v) is 1.24. The van der Waals surface area contributed by atoms with Gasteiger partial charge in [0.05, 0.1) is 6.54 Å². The maximum Gasteiger partial charge on any atom is 0.290 e. The molecule has 0 bridgehead atoms. The number of nitrogens with two attached hydrogens (primary N) is 1. The third-order valence-electron chi connectivity index (χ3n) is 2.22. The monoisotopic (exact) mass is 212 g/mol. The van der Waals surface area contributed by atoms with Crippen LogP contribution in [0.1, 0.15) is 43.2 Å². The van der Waals surface area contributed by atoms with Crippen LogP contribution >= 0.6 is 0 Å². The summed E-state index contributed by atoms with van der Waals surface area (Å²) in [4.78, 5) is 14.5. The van der Waals surface area contributed by atoms with E-state index in [1.54, 1.807) is 0 Å². The molecule has 1 aromatic heterocycles. The second kappa shape index (κ2) is 5.45. The molecule has 0 spiro atoms. The predicted octanol–water partition coefficient (Wildman–Crippen LogP) is 0.447. The number of carbonyl (C=O) groups excluding carboxylic acids is 1. The summed E-state index contributed by atoms with van der Waals surface area (Å²) in [5.74, 6) is -0.362. The van der Waals surface area contributed by atoms with E-state index in [1.165, 1.54) is 0 Å². The van der Waals surface area contributed by atoms with Gasteiger partial charge in [-0.2, -0.15) is 4.98 Å². The Hall–Kier alpha value is -1.43. The van der Waals surface area contributed by atoms with E-state index in [0.29, 0.717) is 18.5 Å². The summed E-state index contributed by atoms with van der Waals surface area (Å²) in [5.41, 5.74) is 4.99. The molecule has 0 aliphatic heterocycles. The molecule has 6 heteroatoms. The van der Waals surface area contributed by atoms with Gasteiger partial charge in [-0.05, 0) is 12.8 Å². The first-order chi connectivity index (χ1) is 7.17. The zero-order valence-corrected chi connectivity index (χ0v) is 8.99. The Morgan fingerprint density at radius 1 is 1.53 bits per heavy atom. The van der Waals surface area contributed by atoms with Crippen molar-refractivity contribution in [2.45, 2.75) is 39.3 Å². The Morgan fingerprint density at radius 3 is 2.67 bits per heavy atom. The zero-order valence-electron chi connectivity index (χ0n) is 8.99. The molecule has 6 nitrogen and oxygen atoms in total.